The van der Waals surface area contributed by atoms with E-state index in [9.17, 15) is 9.59 Å². The Kier molecular flexibility index (Phi) is 10.5. The zero-order chi connectivity index (χ0) is 18.7. The van der Waals surface area contributed by atoms with E-state index in [1.165, 1.54) is 0 Å². The van der Waals surface area contributed by atoms with Crippen molar-refractivity contribution >= 4 is 11.9 Å². The lowest BCUT2D eigenvalue weighted by Gasteiger charge is -2.22. The van der Waals surface area contributed by atoms with Gasteiger partial charge >= 0.3 is 11.9 Å². The van der Waals surface area contributed by atoms with Crippen LogP contribution in [0.2, 0.25) is 0 Å². The van der Waals surface area contributed by atoms with E-state index in [2.05, 4.69) is 27.7 Å². The molecule has 0 aromatic rings. The molecule has 1 aliphatic carbocycles. The van der Waals surface area contributed by atoms with Crippen molar-refractivity contribution in [1.82, 2.24) is 0 Å². The minimum absolute atomic E-state index is 0.260. The quantitative estimate of drug-likeness (QED) is 0.291. The van der Waals surface area contributed by atoms with Crippen LogP contribution in [0.25, 0.3) is 0 Å². The van der Waals surface area contributed by atoms with Crippen molar-refractivity contribution < 1.29 is 19.1 Å². The number of rotatable bonds is 11. The van der Waals surface area contributed by atoms with Crippen LogP contribution in [0.5, 0.6) is 0 Å². The lowest BCUT2D eigenvalue weighted by molar-refractivity contribution is -0.151. The lowest BCUT2D eigenvalue weighted by atomic mass is 9.86. The molecule has 0 radical (unpaired) electrons. The Bertz CT molecular complexity index is 443. The van der Waals surface area contributed by atoms with E-state index in [0.29, 0.717) is 31.1 Å². The number of ether oxygens (including phenoxy) is 2. The standard InChI is InChI=1S/C21H36O4/c1-5-7-13-24-20(22)18(15-16(3)4)19(17-11-9-10-12-17)21(23)25-14-8-6-2/h16,18H,5-15H2,1-4H3. The van der Waals surface area contributed by atoms with E-state index in [4.69, 9.17) is 9.47 Å². The molecule has 4 heteroatoms. The number of esters is 2. The summed E-state index contributed by atoms with van der Waals surface area (Å²) in [7, 11) is 0. The number of unbranched alkanes of at least 4 members (excludes halogenated alkanes) is 2. The van der Waals surface area contributed by atoms with Crippen molar-refractivity contribution in [3.8, 4) is 0 Å². The highest BCUT2D eigenvalue weighted by Gasteiger charge is 2.34. The molecule has 1 rings (SSSR count). The van der Waals surface area contributed by atoms with Crippen LogP contribution in [0, 0.1) is 11.8 Å². The molecule has 0 bridgehead atoms. The van der Waals surface area contributed by atoms with Gasteiger partial charge in [-0.15, -0.1) is 0 Å². The minimum atomic E-state index is -0.487. The van der Waals surface area contributed by atoms with Gasteiger partial charge in [0.05, 0.1) is 24.7 Å². The van der Waals surface area contributed by atoms with Crippen LogP contribution in [-0.4, -0.2) is 25.2 Å². The number of hydrogen-bond donors (Lipinski definition) is 0. The number of carbonyl (C=O) groups excluding carboxylic acids is 2. The van der Waals surface area contributed by atoms with Crippen LogP contribution < -0.4 is 0 Å². The molecule has 0 spiro atoms. The Labute approximate surface area is 153 Å². The molecule has 0 aromatic heterocycles. The Morgan fingerprint density at radius 2 is 1.52 bits per heavy atom. The molecule has 0 amide bonds. The van der Waals surface area contributed by atoms with Gasteiger partial charge in [-0.25, -0.2) is 4.79 Å². The molecule has 0 saturated heterocycles. The van der Waals surface area contributed by atoms with Crippen LogP contribution in [0.1, 0.15) is 85.5 Å². The molecule has 1 fully saturated rings. The number of hydrogen-bond acceptors (Lipinski definition) is 4. The molecule has 1 atom stereocenters. The van der Waals surface area contributed by atoms with Crippen molar-refractivity contribution in [2.75, 3.05) is 13.2 Å². The van der Waals surface area contributed by atoms with Crippen LogP contribution in [0.4, 0.5) is 0 Å². The predicted molar refractivity (Wildman–Crippen MR) is 100 cm³/mol. The van der Waals surface area contributed by atoms with E-state index in [1.54, 1.807) is 0 Å². The molecule has 4 nitrogen and oxygen atoms in total. The molecule has 25 heavy (non-hydrogen) atoms. The summed E-state index contributed by atoms with van der Waals surface area (Å²) in [6, 6.07) is 0. The fourth-order valence-electron chi connectivity index (χ4n) is 3.21. The third-order valence-corrected chi connectivity index (χ3v) is 4.62. The summed E-state index contributed by atoms with van der Waals surface area (Å²) in [4.78, 5) is 25.5. The normalized spacial score (nSPS) is 15.3. The first-order chi connectivity index (χ1) is 12.0. The Morgan fingerprint density at radius 3 is 2.04 bits per heavy atom. The third kappa shape index (κ3) is 7.62. The monoisotopic (exact) mass is 352 g/mol. The van der Waals surface area contributed by atoms with Crippen molar-refractivity contribution in [1.29, 1.82) is 0 Å². The van der Waals surface area contributed by atoms with Gasteiger partial charge in [-0.05, 0) is 50.9 Å². The van der Waals surface area contributed by atoms with Crippen LogP contribution in [0.3, 0.4) is 0 Å². The van der Waals surface area contributed by atoms with Crippen LogP contribution >= 0.6 is 0 Å². The van der Waals surface area contributed by atoms with E-state index < -0.39 is 5.92 Å². The second-order valence-electron chi connectivity index (χ2n) is 7.42. The number of carbonyl (C=O) groups is 2. The summed E-state index contributed by atoms with van der Waals surface area (Å²) >= 11 is 0. The van der Waals surface area contributed by atoms with Gasteiger partial charge < -0.3 is 9.47 Å². The third-order valence-electron chi connectivity index (χ3n) is 4.62. The first kappa shape index (κ1) is 21.7. The van der Waals surface area contributed by atoms with Crippen LogP contribution in [-0.2, 0) is 19.1 Å². The largest absolute Gasteiger partial charge is 0.465 e. The summed E-state index contributed by atoms with van der Waals surface area (Å²) in [6.07, 6.45) is 8.26. The van der Waals surface area contributed by atoms with E-state index in [1.807, 2.05) is 0 Å². The Balaban J connectivity index is 3.00. The topological polar surface area (TPSA) is 52.6 Å². The van der Waals surface area contributed by atoms with E-state index in [0.717, 1.165) is 56.9 Å². The van der Waals surface area contributed by atoms with Crippen molar-refractivity contribution in [2.45, 2.75) is 85.5 Å². The van der Waals surface area contributed by atoms with Crippen molar-refractivity contribution in [3.05, 3.63) is 11.1 Å². The summed E-state index contributed by atoms with van der Waals surface area (Å²) in [5.41, 5.74) is 1.71. The smallest absolute Gasteiger partial charge is 0.334 e. The zero-order valence-electron chi connectivity index (χ0n) is 16.6. The summed E-state index contributed by atoms with van der Waals surface area (Å²) in [6.45, 7) is 9.13. The van der Waals surface area contributed by atoms with Gasteiger partial charge in [0, 0.05) is 0 Å². The van der Waals surface area contributed by atoms with Gasteiger partial charge in [0.15, 0.2) is 0 Å². The molecule has 0 aliphatic heterocycles. The molecular weight excluding hydrogens is 316 g/mol. The fourth-order valence-corrected chi connectivity index (χ4v) is 3.21. The summed E-state index contributed by atoms with van der Waals surface area (Å²) in [5.74, 6) is -0.740. The zero-order valence-corrected chi connectivity index (χ0v) is 16.6. The highest BCUT2D eigenvalue weighted by atomic mass is 16.5. The first-order valence-corrected chi connectivity index (χ1v) is 10.1. The van der Waals surface area contributed by atoms with E-state index >= 15 is 0 Å². The molecule has 1 aliphatic rings. The van der Waals surface area contributed by atoms with Gasteiger partial charge in [-0.3, -0.25) is 4.79 Å². The van der Waals surface area contributed by atoms with Gasteiger partial charge in [-0.2, -0.15) is 0 Å². The van der Waals surface area contributed by atoms with E-state index in [-0.39, 0.29) is 11.9 Å². The maximum absolute atomic E-state index is 12.8. The number of allylic oxidation sites excluding steroid dienone is 1. The Hall–Kier alpha value is -1.32. The van der Waals surface area contributed by atoms with Gasteiger partial charge in [-0.1, -0.05) is 46.1 Å². The second-order valence-corrected chi connectivity index (χ2v) is 7.42. The minimum Gasteiger partial charge on any atom is -0.465 e. The van der Waals surface area contributed by atoms with Crippen molar-refractivity contribution in [3.63, 3.8) is 0 Å². The molecular formula is C21H36O4. The second kappa shape index (κ2) is 12.1. The average Bonchev–Trinajstić information content (AvgIpc) is 3.08. The highest BCUT2D eigenvalue weighted by molar-refractivity contribution is 5.96. The molecule has 0 heterocycles. The van der Waals surface area contributed by atoms with Gasteiger partial charge in [0.2, 0.25) is 0 Å². The molecule has 144 valence electrons. The van der Waals surface area contributed by atoms with Gasteiger partial charge in [0.25, 0.3) is 0 Å². The molecule has 1 unspecified atom stereocenters. The first-order valence-electron chi connectivity index (χ1n) is 10.1. The molecule has 0 aromatic carbocycles. The maximum Gasteiger partial charge on any atom is 0.334 e. The molecule has 1 saturated carbocycles. The predicted octanol–water partition coefficient (Wildman–Crippen LogP) is 5.21. The summed E-state index contributed by atoms with van der Waals surface area (Å²) in [5, 5.41) is 0. The maximum atomic E-state index is 12.8. The highest BCUT2D eigenvalue weighted by Crippen LogP contribution is 2.34. The summed E-state index contributed by atoms with van der Waals surface area (Å²) < 4.78 is 11.0. The van der Waals surface area contributed by atoms with Crippen LogP contribution in [0.15, 0.2) is 11.1 Å². The Morgan fingerprint density at radius 1 is 0.960 bits per heavy atom. The lowest BCUT2D eigenvalue weighted by Crippen LogP contribution is -2.28. The van der Waals surface area contributed by atoms with Crippen molar-refractivity contribution in [2.24, 2.45) is 11.8 Å². The SMILES string of the molecule is CCCCOC(=O)C(=C1CCCC1)C(CC(C)C)C(=O)OCCCC. The average molecular weight is 353 g/mol. The fraction of sp³-hybridized carbons (Fsp3) is 0.810. The molecule has 0 N–H and O–H groups in total. The van der Waals surface area contributed by atoms with Gasteiger partial charge in [0.1, 0.15) is 0 Å².